The quantitative estimate of drug-likeness (QED) is 0.406. The highest BCUT2D eigenvalue weighted by atomic mass is 32.2. The summed E-state index contributed by atoms with van der Waals surface area (Å²) in [6.45, 7) is 2.37. The van der Waals surface area contributed by atoms with E-state index in [-0.39, 0.29) is 38.7 Å². The molecule has 1 aliphatic carbocycles. The Kier molecular flexibility index (Phi) is 7.06. The van der Waals surface area contributed by atoms with Crippen molar-refractivity contribution < 1.29 is 30.0 Å². The average Bonchev–Trinajstić information content (AvgIpc) is 3.32. The summed E-state index contributed by atoms with van der Waals surface area (Å²) in [4.78, 5) is -0.297. The van der Waals surface area contributed by atoms with Crippen LogP contribution in [0.5, 0.6) is 0 Å². The normalized spacial score (nSPS) is 19.8. The van der Waals surface area contributed by atoms with Gasteiger partial charge in [0.15, 0.2) is 10.0 Å². The highest BCUT2D eigenvalue weighted by molar-refractivity contribution is 7.90. The molecule has 1 aromatic carbocycles. The lowest BCUT2D eigenvalue weighted by molar-refractivity contribution is 0.150. The predicted octanol–water partition coefficient (Wildman–Crippen LogP) is 3.14. The molecule has 1 unspecified atom stereocenters. The van der Waals surface area contributed by atoms with E-state index < -0.39 is 55.0 Å². The lowest BCUT2D eigenvalue weighted by Gasteiger charge is -2.30. The molecule has 11 nitrogen and oxygen atoms in total. The Morgan fingerprint density at radius 1 is 1.20 bits per heavy atom. The number of halogens is 3. The molecule has 1 N–H and O–H groups in total. The Hall–Kier alpha value is -2.91. The molecule has 0 spiro atoms. The first kappa shape index (κ1) is 28.6. The number of rotatable bonds is 8. The Labute approximate surface area is 232 Å². The molecular weight excluding hydrogens is 591 g/mol. The van der Waals surface area contributed by atoms with Crippen molar-refractivity contribution in [3.63, 3.8) is 0 Å². The fraction of sp³-hybridized carbons (Fsp3) is 0.478. The lowest BCUT2D eigenvalue weighted by atomic mass is 9.96. The molecular formula is C23H24F3N7O4S3. The largest absolute Gasteiger partial charge is 0.291 e. The van der Waals surface area contributed by atoms with Gasteiger partial charge in [-0.2, -0.15) is 19.4 Å². The van der Waals surface area contributed by atoms with Crippen LogP contribution < -0.4 is 4.72 Å². The van der Waals surface area contributed by atoms with Gasteiger partial charge in [0.25, 0.3) is 6.43 Å². The molecule has 2 aromatic heterocycles. The van der Waals surface area contributed by atoms with Crippen molar-refractivity contribution in [1.82, 2.24) is 29.0 Å². The number of alkyl halides is 3. The van der Waals surface area contributed by atoms with Crippen LogP contribution in [0.15, 0.2) is 23.1 Å². The van der Waals surface area contributed by atoms with Crippen molar-refractivity contribution in [2.24, 2.45) is 7.05 Å². The molecule has 40 heavy (non-hydrogen) atoms. The van der Waals surface area contributed by atoms with Crippen LogP contribution in [-0.4, -0.2) is 71.2 Å². The van der Waals surface area contributed by atoms with Gasteiger partial charge in [-0.15, -0.1) is 10.2 Å². The molecule has 3 aromatic rings. The summed E-state index contributed by atoms with van der Waals surface area (Å²) in [6, 6.07) is 4.47. The van der Waals surface area contributed by atoms with Gasteiger partial charge in [-0.3, -0.25) is 4.68 Å². The maximum atomic E-state index is 15.7. The Balaban J connectivity index is 1.71. The molecule has 1 saturated carbocycles. The third-order valence-corrected chi connectivity index (χ3v) is 11.5. The molecule has 2 aliphatic rings. The fourth-order valence-electron chi connectivity index (χ4n) is 4.48. The number of hydrogen-bond acceptors (Lipinski definition) is 9. The van der Waals surface area contributed by atoms with Crippen molar-refractivity contribution in [1.29, 1.82) is 5.26 Å². The van der Waals surface area contributed by atoms with Gasteiger partial charge in [-0.25, -0.2) is 30.0 Å². The van der Waals surface area contributed by atoms with E-state index in [9.17, 15) is 30.9 Å². The number of hydrogen-bond donors (Lipinski definition) is 1. The minimum absolute atomic E-state index is 0.00803. The van der Waals surface area contributed by atoms with Crippen molar-refractivity contribution >= 4 is 47.9 Å². The molecule has 214 valence electrons. The summed E-state index contributed by atoms with van der Waals surface area (Å²) in [6.07, 6.45) is -2.64. The molecule has 17 heteroatoms. The molecule has 0 radical (unpaired) electrons. The number of aryl methyl sites for hydroxylation is 1. The number of sulfonamides is 2. The summed E-state index contributed by atoms with van der Waals surface area (Å²) in [5.41, 5.74) is -0.696. The van der Waals surface area contributed by atoms with Gasteiger partial charge in [-0.05, 0) is 44.4 Å². The van der Waals surface area contributed by atoms with Crippen LogP contribution in [0.3, 0.4) is 0 Å². The van der Waals surface area contributed by atoms with Crippen molar-refractivity contribution in [3.05, 3.63) is 28.8 Å². The highest BCUT2D eigenvalue weighted by Crippen LogP contribution is 2.41. The van der Waals surface area contributed by atoms with E-state index in [1.165, 1.54) is 43.8 Å². The molecule has 1 aliphatic heterocycles. The van der Waals surface area contributed by atoms with E-state index >= 15 is 4.39 Å². The zero-order valence-electron chi connectivity index (χ0n) is 21.5. The first-order valence-electron chi connectivity index (χ1n) is 12.1. The highest BCUT2D eigenvalue weighted by Gasteiger charge is 2.47. The zero-order chi connectivity index (χ0) is 29.2. The van der Waals surface area contributed by atoms with E-state index in [0.717, 1.165) is 4.31 Å². The number of aromatic nitrogens is 4. The van der Waals surface area contributed by atoms with E-state index in [4.69, 9.17) is 0 Å². The van der Waals surface area contributed by atoms with Gasteiger partial charge in [0.2, 0.25) is 20.0 Å². The minimum atomic E-state index is -4.30. The number of nitriles is 1. The van der Waals surface area contributed by atoms with E-state index in [1.807, 2.05) is 6.07 Å². The number of fused-ring (bicyclic) bond motifs is 1. The van der Waals surface area contributed by atoms with E-state index in [1.54, 1.807) is 0 Å². The maximum Gasteiger partial charge on any atom is 0.291 e. The van der Waals surface area contributed by atoms with Crippen LogP contribution in [0.2, 0.25) is 0 Å². The SMILES string of the molecule is CC(C)S(=O)(=O)N1CC=C(c2cc(S(=O)(=O)NC3(C#N)CC3)cc3c(-c4nnc(C(F)F)s4)nn(C)c23)C(F)C1. The monoisotopic (exact) mass is 615 g/mol. The first-order chi connectivity index (χ1) is 18.7. The zero-order valence-corrected chi connectivity index (χ0v) is 23.9. The molecule has 1 fully saturated rings. The molecule has 0 bridgehead atoms. The van der Waals surface area contributed by atoms with Gasteiger partial charge in [0.05, 0.1) is 21.7 Å². The van der Waals surface area contributed by atoms with E-state index in [2.05, 4.69) is 20.0 Å². The second-order valence-electron chi connectivity index (χ2n) is 9.92. The van der Waals surface area contributed by atoms with Crippen molar-refractivity contribution in [2.45, 2.75) is 55.0 Å². The standard InChI is InChI=1S/C23H24F3N7O4S3/c1-12(2)40(36,37)33-7-4-14(17(24)10-33)15-8-13(39(34,35)31-23(11-27)5-6-23)9-16-18(30-32(3)19(15)16)21-28-29-22(38-21)20(25)26/h4,8-9,12,17,20,31H,5-7,10H2,1-3H3. The second kappa shape index (κ2) is 9.87. The van der Waals surface area contributed by atoms with Gasteiger partial charge in [0, 0.05) is 31.1 Å². The second-order valence-corrected chi connectivity index (χ2v) is 15.1. The molecule has 5 rings (SSSR count). The minimum Gasteiger partial charge on any atom is -0.267 e. The van der Waals surface area contributed by atoms with Crippen LogP contribution in [0.1, 0.15) is 43.7 Å². The summed E-state index contributed by atoms with van der Waals surface area (Å²) >= 11 is 0.589. The topological polar surface area (TPSA) is 151 Å². The third kappa shape index (κ3) is 4.91. The smallest absolute Gasteiger partial charge is 0.267 e. The van der Waals surface area contributed by atoms with Gasteiger partial charge >= 0.3 is 0 Å². The molecule has 0 saturated heterocycles. The molecule has 3 heterocycles. The maximum absolute atomic E-state index is 15.7. The molecule has 1 atom stereocenters. The Morgan fingerprint density at radius 3 is 2.45 bits per heavy atom. The summed E-state index contributed by atoms with van der Waals surface area (Å²) in [5.74, 6) is 0. The molecule has 0 amide bonds. The first-order valence-corrected chi connectivity index (χ1v) is 15.9. The lowest BCUT2D eigenvalue weighted by Crippen LogP contribution is -2.43. The van der Waals surface area contributed by atoms with Gasteiger partial charge in [0.1, 0.15) is 17.4 Å². The summed E-state index contributed by atoms with van der Waals surface area (Å²) in [7, 11) is -6.53. The van der Waals surface area contributed by atoms with Crippen LogP contribution in [0.25, 0.3) is 27.2 Å². The number of nitrogens with one attached hydrogen (secondary N) is 1. The number of benzene rings is 1. The fourth-order valence-corrected chi connectivity index (χ4v) is 7.83. The van der Waals surface area contributed by atoms with Gasteiger partial charge < -0.3 is 0 Å². The Bertz CT molecular complexity index is 1790. The Morgan fingerprint density at radius 2 is 1.90 bits per heavy atom. The van der Waals surface area contributed by atoms with Crippen LogP contribution in [0.4, 0.5) is 13.2 Å². The van der Waals surface area contributed by atoms with Crippen LogP contribution >= 0.6 is 11.3 Å². The van der Waals surface area contributed by atoms with Crippen LogP contribution in [0, 0.1) is 11.3 Å². The van der Waals surface area contributed by atoms with Crippen molar-refractivity contribution in [2.75, 3.05) is 13.1 Å². The number of nitrogens with zero attached hydrogens (tertiary/aromatic N) is 6. The summed E-state index contributed by atoms with van der Waals surface area (Å²) in [5, 5.41) is 20.0. The predicted molar refractivity (Wildman–Crippen MR) is 141 cm³/mol. The summed E-state index contributed by atoms with van der Waals surface area (Å²) < 4.78 is 99.0. The van der Waals surface area contributed by atoms with E-state index in [0.29, 0.717) is 29.7 Å². The third-order valence-electron chi connectivity index (χ3n) is 6.83. The van der Waals surface area contributed by atoms with Gasteiger partial charge in [-0.1, -0.05) is 17.4 Å². The average molecular weight is 616 g/mol. The van der Waals surface area contributed by atoms with Crippen LogP contribution in [-0.2, 0) is 27.1 Å². The van der Waals surface area contributed by atoms with Crippen molar-refractivity contribution in [3.8, 4) is 16.8 Å².